The lowest BCUT2D eigenvalue weighted by atomic mass is 9.85. The molecule has 0 saturated heterocycles. The number of nitrogens with one attached hydrogen (secondary N) is 2. The van der Waals surface area contributed by atoms with Crippen LogP contribution >= 0.6 is 0 Å². The summed E-state index contributed by atoms with van der Waals surface area (Å²) in [6.07, 6.45) is 2.01. The van der Waals surface area contributed by atoms with E-state index in [4.69, 9.17) is 14.7 Å². The molecule has 3 aliphatic rings. The van der Waals surface area contributed by atoms with Crippen LogP contribution in [0.2, 0.25) is 0 Å². The van der Waals surface area contributed by atoms with Crippen LogP contribution < -0.4 is 0 Å². The molecule has 0 fully saturated rings. The van der Waals surface area contributed by atoms with Gasteiger partial charge in [0.25, 0.3) is 0 Å². The average Bonchev–Trinajstić information content (AvgIpc) is 3.70. The second kappa shape index (κ2) is 10.3. The monoisotopic (exact) mass is 566 g/mol. The summed E-state index contributed by atoms with van der Waals surface area (Å²) in [6, 6.07) is 6.14. The van der Waals surface area contributed by atoms with Crippen molar-refractivity contribution in [3.63, 3.8) is 0 Å². The smallest absolute Gasteiger partial charge is 0.305 e. The van der Waals surface area contributed by atoms with Crippen LogP contribution in [0, 0.1) is 13.8 Å². The molecule has 0 aromatic carbocycles. The van der Waals surface area contributed by atoms with Gasteiger partial charge in [0.05, 0.1) is 23.8 Å². The number of carbonyl (C=O) groups is 3. The number of aromatic amines is 2. The number of methoxy groups -OCH3 is 1. The predicted octanol–water partition coefficient (Wildman–Crippen LogP) is 7.01. The summed E-state index contributed by atoms with van der Waals surface area (Å²) in [5, 5.41) is 0. The van der Waals surface area contributed by atoms with Crippen molar-refractivity contribution in [3.05, 3.63) is 68.8 Å². The number of ketones is 2. The van der Waals surface area contributed by atoms with Gasteiger partial charge in [-0.2, -0.15) is 0 Å². The topological polar surface area (TPSA) is 118 Å². The molecule has 8 bridgehead atoms. The van der Waals surface area contributed by atoms with Crippen LogP contribution in [0.1, 0.15) is 131 Å². The zero-order chi connectivity index (χ0) is 30.0. The van der Waals surface area contributed by atoms with Crippen molar-refractivity contribution < 1.29 is 19.1 Å². The summed E-state index contributed by atoms with van der Waals surface area (Å²) in [6.45, 7) is 12.0. The molecule has 5 heterocycles. The number of fused-ring (bicyclic) bond motifs is 8. The van der Waals surface area contributed by atoms with Gasteiger partial charge >= 0.3 is 5.97 Å². The molecule has 4 atom stereocenters. The first-order valence-corrected chi connectivity index (χ1v) is 14.9. The Balaban J connectivity index is 1.74. The molecule has 8 nitrogen and oxygen atoms in total. The standard InChI is InChI=1S/C34H38N4O4/c1-8-20-15(2)23-14-28-31(19(6)39)17(4)25(36-28)12-24-16(3)21(9-10-30(41)42-7)33(37-24)22-11-29(40)32-18(5)26(38-34(22)32)13-27(20)35-23/h12-16,20-21,36,38H,8-11H2,1-7H3/t15-,16+,20-,21+/m1/s1. The van der Waals surface area contributed by atoms with Crippen LogP contribution in [0.25, 0.3) is 22.1 Å². The van der Waals surface area contributed by atoms with Crippen LogP contribution in [-0.2, 0) is 16.0 Å². The van der Waals surface area contributed by atoms with Gasteiger partial charge in [0.2, 0.25) is 0 Å². The number of rotatable bonds is 5. The number of hydrogen-bond donors (Lipinski definition) is 2. The van der Waals surface area contributed by atoms with E-state index in [9.17, 15) is 14.4 Å². The van der Waals surface area contributed by atoms with Gasteiger partial charge in [-0.25, -0.2) is 0 Å². The Hall–Kier alpha value is -4.07. The van der Waals surface area contributed by atoms with Gasteiger partial charge in [0, 0.05) is 81.3 Å². The quantitative estimate of drug-likeness (QED) is 0.253. The Kier molecular flexibility index (Phi) is 6.90. The van der Waals surface area contributed by atoms with Crippen molar-refractivity contribution in [2.24, 2.45) is 0 Å². The third-order valence-electron chi connectivity index (χ3n) is 9.77. The van der Waals surface area contributed by atoms with Crippen molar-refractivity contribution in [3.8, 4) is 0 Å². The van der Waals surface area contributed by atoms with Gasteiger partial charge in [0.1, 0.15) is 0 Å². The van der Waals surface area contributed by atoms with Crippen molar-refractivity contribution in [1.29, 1.82) is 0 Å². The molecule has 1 aliphatic carbocycles. The van der Waals surface area contributed by atoms with Gasteiger partial charge in [-0.1, -0.05) is 20.8 Å². The van der Waals surface area contributed by atoms with Gasteiger partial charge < -0.3 is 14.7 Å². The summed E-state index contributed by atoms with van der Waals surface area (Å²) < 4.78 is 4.95. The zero-order valence-corrected chi connectivity index (χ0v) is 25.4. The number of aryl methyl sites for hydroxylation is 2. The lowest BCUT2D eigenvalue weighted by Gasteiger charge is -2.16. The third-order valence-corrected chi connectivity index (χ3v) is 9.77. The van der Waals surface area contributed by atoms with Crippen LogP contribution in [-0.4, -0.2) is 44.6 Å². The second-order valence-corrected chi connectivity index (χ2v) is 12.1. The molecule has 3 aromatic heterocycles. The van der Waals surface area contributed by atoms with E-state index in [2.05, 4.69) is 36.8 Å². The highest BCUT2D eigenvalue weighted by atomic mass is 16.5. The van der Waals surface area contributed by atoms with Crippen molar-refractivity contribution in [1.82, 2.24) is 19.9 Å². The first-order chi connectivity index (χ1) is 20.0. The van der Waals surface area contributed by atoms with Crippen LogP contribution in [0.3, 0.4) is 0 Å². The lowest BCUT2D eigenvalue weighted by Crippen LogP contribution is -2.09. The van der Waals surface area contributed by atoms with E-state index in [0.29, 0.717) is 12.0 Å². The Bertz CT molecular complexity index is 1830. The molecule has 42 heavy (non-hydrogen) atoms. The maximum absolute atomic E-state index is 13.4. The SMILES string of the molecule is CC[C@H]1c2cc3[nH]c4c(c5nc(cc6[nH]c(cc(n2)[C@@H]1C)c(C(C)=O)c6C)[C@@H](C)[C@@H]5CCC(=O)OC)CC(=O)c4c3C. The highest BCUT2D eigenvalue weighted by molar-refractivity contribution is 6.13. The molecule has 0 amide bonds. The van der Waals surface area contributed by atoms with Gasteiger partial charge in [-0.05, 0) is 62.9 Å². The molecule has 0 saturated carbocycles. The number of Topliss-reactive ketones (excluding diaryl/α,β-unsaturated/α-hetero) is 2. The van der Waals surface area contributed by atoms with E-state index in [-0.39, 0.29) is 54.0 Å². The van der Waals surface area contributed by atoms with Crippen LogP contribution in [0.15, 0.2) is 18.2 Å². The van der Waals surface area contributed by atoms with E-state index in [1.807, 2.05) is 26.0 Å². The van der Waals surface area contributed by atoms with Gasteiger partial charge in [0.15, 0.2) is 11.6 Å². The molecule has 0 spiro atoms. The van der Waals surface area contributed by atoms with Crippen molar-refractivity contribution in [2.45, 2.75) is 90.9 Å². The van der Waals surface area contributed by atoms with Gasteiger partial charge in [-0.3, -0.25) is 24.4 Å². The lowest BCUT2D eigenvalue weighted by molar-refractivity contribution is -0.140. The number of H-pyrrole nitrogens is 2. The van der Waals surface area contributed by atoms with Crippen LogP contribution in [0.5, 0.6) is 0 Å². The third kappa shape index (κ3) is 4.30. The van der Waals surface area contributed by atoms with Gasteiger partial charge in [-0.15, -0.1) is 0 Å². The minimum atomic E-state index is -0.266. The first kappa shape index (κ1) is 28.1. The summed E-state index contributed by atoms with van der Waals surface area (Å²) >= 11 is 0. The van der Waals surface area contributed by atoms with E-state index < -0.39 is 0 Å². The molecule has 2 N–H and O–H groups in total. The highest BCUT2D eigenvalue weighted by Crippen LogP contribution is 2.45. The molecular formula is C34H38N4O4. The minimum Gasteiger partial charge on any atom is -0.469 e. The van der Waals surface area contributed by atoms with E-state index in [1.54, 1.807) is 6.92 Å². The first-order valence-electron chi connectivity index (χ1n) is 14.9. The molecule has 8 heteroatoms. The maximum Gasteiger partial charge on any atom is 0.305 e. The molecule has 0 radical (unpaired) electrons. The Morgan fingerprint density at radius 2 is 1.57 bits per heavy atom. The average molecular weight is 567 g/mol. The molecule has 218 valence electrons. The minimum absolute atomic E-state index is 0.00646. The molecular weight excluding hydrogens is 528 g/mol. The van der Waals surface area contributed by atoms with E-state index in [0.717, 1.165) is 73.5 Å². The number of hydrogen-bond acceptors (Lipinski definition) is 6. The fourth-order valence-corrected chi connectivity index (χ4v) is 7.32. The van der Waals surface area contributed by atoms with Crippen molar-refractivity contribution >= 4 is 39.6 Å². The zero-order valence-electron chi connectivity index (χ0n) is 25.4. The molecule has 2 aliphatic heterocycles. The summed E-state index contributed by atoms with van der Waals surface area (Å²) in [7, 11) is 1.40. The number of carbonyl (C=O) groups excluding carboxylic acids is 3. The number of nitrogens with zero attached hydrogens (tertiary/aromatic N) is 2. The number of esters is 1. The Labute approximate surface area is 245 Å². The second-order valence-electron chi connectivity index (χ2n) is 12.1. The highest BCUT2D eigenvalue weighted by Gasteiger charge is 2.36. The Morgan fingerprint density at radius 3 is 2.26 bits per heavy atom. The summed E-state index contributed by atoms with van der Waals surface area (Å²) in [5.41, 5.74) is 11.0. The summed E-state index contributed by atoms with van der Waals surface area (Å²) in [4.78, 5) is 55.8. The van der Waals surface area contributed by atoms with Crippen molar-refractivity contribution in [2.75, 3.05) is 7.11 Å². The largest absolute Gasteiger partial charge is 0.469 e. The predicted molar refractivity (Wildman–Crippen MR) is 162 cm³/mol. The normalized spacial score (nSPS) is 21.2. The number of aromatic nitrogens is 4. The van der Waals surface area contributed by atoms with E-state index >= 15 is 0 Å². The van der Waals surface area contributed by atoms with Crippen LogP contribution in [0.4, 0.5) is 0 Å². The number of ether oxygens (including phenoxy) is 1. The molecule has 6 rings (SSSR count). The fourth-order valence-electron chi connectivity index (χ4n) is 7.32. The van der Waals surface area contributed by atoms with E-state index in [1.165, 1.54) is 7.11 Å². The summed E-state index contributed by atoms with van der Waals surface area (Å²) in [5.74, 6) is 0.123. The fraction of sp³-hybridized carbons (Fsp3) is 0.441. The molecule has 3 aromatic rings. The maximum atomic E-state index is 13.4. The Morgan fingerprint density at radius 1 is 0.929 bits per heavy atom. The molecule has 0 unspecified atom stereocenters.